The Morgan fingerprint density at radius 3 is 2.79 bits per heavy atom. The first-order chi connectivity index (χ1) is 13.7. The molecule has 0 unspecified atom stereocenters. The molecular formula is C20H21N3O5. The van der Waals surface area contributed by atoms with Crippen molar-refractivity contribution in [3.63, 3.8) is 0 Å². The van der Waals surface area contributed by atoms with Gasteiger partial charge in [0, 0.05) is 18.3 Å². The van der Waals surface area contributed by atoms with Crippen LogP contribution in [0, 0.1) is 0 Å². The van der Waals surface area contributed by atoms with Crippen LogP contribution in [0.25, 0.3) is 0 Å². The van der Waals surface area contributed by atoms with Crippen LogP contribution in [-0.4, -0.2) is 43.3 Å². The number of rotatable bonds is 4. The number of urea groups is 1. The molecule has 2 aliphatic heterocycles. The van der Waals surface area contributed by atoms with E-state index in [1.165, 1.54) is 0 Å². The van der Waals surface area contributed by atoms with Crippen LogP contribution in [-0.2, 0) is 4.79 Å². The van der Waals surface area contributed by atoms with Gasteiger partial charge in [-0.05, 0) is 37.1 Å². The Morgan fingerprint density at radius 2 is 1.93 bits per heavy atom. The molecule has 1 fully saturated rings. The lowest BCUT2D eigenvalue weighted by Gasteiger charge is -2.24. The fourth-order valence-electron chi connectivity index (χ4n) is 3.42. The molecule has 2 aromatic carbocycles. The highest BCUT2D eigenvalue weighted by atomic mass is 16.7. The highest BCUT2D eigenvalue weighted by Crippen LogP contribution is 2.34. The zero-order valence-electron chi connectivity index (χ0n) is 15.4. The minimum Gasteiger partial charge on any atom is -0.495 e. The molecular weight excluding hydrogens is 362 g/mol. The van der Waals surface area contributed by atoms with Gasteiger partial charge in [-0.25, -0.2) is 4.79 Å². The number of nitrogens with one attached hydrogen (secondary N) is 2. The number of hydrogen-bond acceptors (Lipinski definition) is 5. The monoisotopic (exact) mass is 383 g/mol. The van der Waals surface area contributed by atoms with Gasteiger partial charge in [0.1, 0.15) is 11.8 Å². The van der Waals surface area contributed by atoms with Crippen LogP contribution in [0.5, 0.6) is 17.2 Å². The molecule has 3 amide bonds. The van der Waals surface area contributed by atoms with E-state index in [2.05, 4.69) is 10.6 Å². The number of benzene rings is 2. The third kappa shape index (κ3) is 3.53. The fourth-order valence-corrected chi connectivity index (χ4v) is 3.42. The smallest absolute Gasteiger partial charge is 0.322 e. The van der Waals surface area contributed by atoms with Crippen molar-refractivity contribution in [1.29, 1.82) is 0 Å². The minimum atomic E-state index is -0.542. The van der Waals surface area contributed by atoms with E-state index in [1.54, 1.807) is 42.3 Å². The summed E-state index contributed by atoms with van der Waals surface area (Å²) in [7, 11) is 1.54. The van der Waals surface area contributed by atoms with Crippen molar-refractivity contribution >= 4 is 23.3 Å². The Labute approximate surface area is 162 Å². The number of para-hydroxylation sites is 2. The standard InChI is InChI=1S/C20H21N3O5/c1-26-16-7-3-2-5-14(16)22-20(25)23-10-4-6-15(23)19(24)21-13-8-9-17-18(11-13)28-12-27-17/h2-3,5,7-9,11,15H,4,6,10,12H2,1H3,(H,21,24)(H,22,25)/t15-/m0/s1. The van der Waals surface area contributed by atoms with Gasteiger partial charge in [0.05, 0.1) is 12.8 Å². The topological polar surface area (TPSA) is 89.1 Å². The van der Waals surface area contributed by atoms with Crippen LogP contribution in [0.2, 0.25) is 0 Å². The quantitative estimate of drug-likeness (QED) is 0.847. The minimum absolute atomic E-state index is 0.173. The van der Waals surface area contributed by atoms with Crippen molar-refractivity contribution in [1.82, 2.24) is 4.90 Å². The van der Waals surface area contributed by atoms with E-state index in [9.17, 15) is 9.59 Å². The Morgan fingerprint density at radius 1 is 1.11 bits per heavy atom. The van der Waals surface area contributed by atoms with Crippen LogP contribution in [0.3, 0.4) is 0 Å². The third-order valence-corrected chi connectivity index (χ3v) is 4.80. The van der Waals surface area contributed by atoms with Gasteiger partial charge in [0.2, 0.25) is 12.7 Å². The van der Waals surface area contributed by atoms with Crippen LogP contribution < -0.4 is 24.8 Å². The molecule has 4 rings (SSSR count). The third-order valence-electron chi connectivity index (χ3n) is 4.80. The molecule has 8 nitrogen and oxygen atoms in total. The lowest BCUT2D eigenvalue weighted by molar-refractivity contribution is -0.119. The molecule has 0 aromatic heterocycles. The van der Waals surface area contributed by atoms with Crippen molar-refractivity contribution in [2.24, 2.45) is 0 Å². The number of ether oxygens (including phenoxy) is 3. The SMILES string of the molecule is COc1ccccc1NC(=O)N1CCC[C@H]1C(=O)Nc1ccc2c(c1)OCO2. The van der Waals surface area contributed by atoms with Gasteiger partial charge in [-0.15, -0.1) is 0 Å². The van der Waals surface area contributed by atoms with E-state index >= 15 is 0 Å². The Balaban J connectivity index is 1.44. The summed E-state index contributed by atoms with van der Waals surface area (Å²) < 4.78 is 15.9. The number of likely N-dealkylation sites (tertiary alicyclic amines) is 1. The normalized spacial score (nSPS) is 17.3. The molecule has 1 saturated heterocycles. The molecule has 2 aromatic rings. The number of hydrogen-bond donors (Lipinski definition) is 2. The highest BCUT2D eigenvalue weighted by Gasteiger charge is 2.34. The van der Waals surface area contributed by atoms with Gasteiger partial charge in [-0.1, -0.05) is 12.1 Å². The molecule has 8 heteroatoms. The average Bonchev–Trinajstić information content (AvgIpc) is 3.37. The van der Waals surface area contributed by atoms with Crippen molar-refractivity contribution in [3.05, 3.63) is 42.5 Å². The molecule has 1 atom stereocenters. The summed E-state index contributed by atoms with van der Waals surface area (Å²) in [4.78, 5) is 27.1. The summed E-state index contributed by atoms with van der Waals surface area (Å²) in [6.07, 6.45) is 1.37. The second-order valence-electron chi connectivity index (χ2n) is 6.54. The van der Waals surface area contributed by atoms with Crippen LogP contribution in [0.1, 0.15) is 12.8 Å². The molecule has 0 spiro atoms. The Bertz CT molecular complexity index is 901. The van der Waals surface area contributed by atoms with E-state index < -0.39 is 6.04 Å². The second-order valence-corrected chi connectivity index (χ2v) is 6.54. The summed E-state index contributed by atoms with van der Waals surface area (Å²) in [5, 5.41) is 5.70. The fraction of sp³-hybridized carbons (Fsp3) is 0.300. The summed E-state index contributed by atoms with van der Waals surface area (Å²) in [5.74, 6) is 1.58. The number of nitrogens with zero attached hydrogens (tertiary/aromatic N) is 1. The molecule has 0 saturated carbocycles. The number of amides is 3. The van der Waals surface area contributed by atoms with Crippen molar-refractivity contribution in [2.45, 2.75) is 18.9 Å². The number of carbonyl (C=O) groups excluding carboxylic acids is 2. The van der Waals surface area contributed by atoms with Gasteiger partial charge in [0.15, 0.2) is 11.5 Å². The first-order valence-corrected chi connectivity index (χ1v) is 9.07. The van der Waals surface area contributed by atoms with Gasteiger partial charge >= 0.3 is 6.03 Å². The van der Waals surface area contributed by atoms with Crippen molar-refractivity contribution in [2.75, 3.05) is 31.1 Å². The molecule has 2 N–H and O–H groups in total. The van der Waals surface area contributed by atoms with Gasteiger partial charge in [-0.2, -0.15) is 0 Å². The summed E-state index contributed by atoms with van der Waals surface area (Å²) in [5.41, 5.74) is 1.17. The molecule has 0 radical (unpaired) electrons. The number of anilines is 2. The van der Waals surface area contributed by atoms with Crippen LogP contribution in [0.15, 0.2) is 42.5 Å². The summed E-state index contributed by atoms with van der Waals surface area (Å²) >= 11 is 0. The summed E-state index contributed by atoms with van der Waals surface area (Å²) in [6.45, 7) is 0.687. The van der Waals surface area contributed by atoms with E-state index in [1.807, 2.05) is 12.1 Å². The first-order valence-electron chi connectivity index (χ1n) is 9.07. The van der Waals surface area contributed by atoms with Crippen molar-refractivity contribution < 1.29 is 23.8 Å². The van der Waals surface area contributed by atoms with E-state index in [0.717, 1.165) is 6.42 Å². The first kappa shape index (κ1) is 18.0. The lowest BCUT2D eigenvalue weighted by Crippen LogP contribution is -2.45. The maximum absolute atomic E-state index is 12.8. The number of methoxy groups -OCH3 is 1. The predicted molar refractivity (Wildman–Crippen MR) is 103 cm³/mol. The second kappa shape index (κ2) is 7.67. The largest absolute Gasteiger partial charge is 0.495 e. The number of carbonyl (C=O) groups is 2. The molecule has 0 bridgehead atoms. The average molecular weight is 383 g/mol. The molecule has 2 heterocycles. The van der Waals surface area contributed by atoms with E-state index in [4.69, 9.17) is 14.2 Å². The zero-order valence-corrected chi connectivity index (χ0v) is 15.4. The Hall–Kier alpha value is -3.42. The van der Waals surface area contributed by atoms with E-state index in [0.29, 0.717) is 41.6 Å². The van der Waals surface area contributed by atoms with Gasteiger partial charge in [0.25, 0.3) is 0 Å². The summed E-state index contributed by atoms with van der Waals surface area (Å²) in [6, 6.07) is 11.5. The zero-order chi connectivity index (χ0) is 19.5. The van der Waals surface area contributed by atoms with Crippen LogP contribution in [0.4, 0.5) is 16.2 Å². The predicted octanol–water partition coefficient (Wildman–Crippen LogP) is 3.06. The lowest BCUT2D eigenvalue weighted by atomic mass is 10.2. The number of fused-ring (bicyclic) bond motifs is 1. The Kier molecular flexibility index (Phi) is 4.92. The van der Waals surface area contributed by atoms with Crippen LogP contribution >= 0.6 is 0 Å². The van der Waals surface area contributed by atoms with Gasteiger partial charge < -0.3 is 29.7 Å². The maximum Gasteiger partial charge on any atom is 0.322 e. The van der Waals surface area contributed by atoms with Gasteiger partial charge in [-0.3, -0.25) is 4.79 Å². The van der Waals surface area contributed by atoms with Crippen molar-refractivity contribution in [3.8, 4) is 17.2 Å². The molecule has 28 heavy (non-hydrogen) atoms. The molecule has 146 valence electrons. The molecule has 0 aliphatic carbocycles. The maximum atomic E-state index is 12.8. The highest BCUT2D eigenvalue weighted by molar-refractivity contribution is 6.00. The molecule has 2 aliphatic rings. The van der Waals surface area contributed by atoms with E-state index in [-0.39, 0.29) is 18.7 Å².